The van der Waals surface area contributed by atoms with Crippen LogP contribution >= 0.6 is 27.5 Å². The molecule has 4 nitrogen and oxygen atoms in total. The highest BCUT2D eigenvalue weighted by atomic mass is 79.9. The number of aryl methyl sites for hydroxylation is 1. The highest BCUT2D eigenvalue weighted by Gasteiger charge is 2.10. The smallest absolute Gasteiger partial charge is 0.310 e. The Hall–Kier alpha value is -1.85. The van der Waals surface area contributed by atoms with Gasteiger partial charge < -0.3 is 10.1 Å². The Labute approximate surface area is 147 Å². The Bertz CT molecular complexity index is 716. The van der Waals surface area contributed by atoms with Crippen molar-refractivity contribution in [3.8, 4) is 0 Å². The van der Waals surface area contributed by atoms with Crippen LogP contribution in [0.3, 0.4) is 0 Å². The number of ether oxygens (including phenoxy) is 1. The minimum atomic E-state index is -0.449. The zero-order valence-electron chi connectivity index (χ0n) is 12.4. The number of rotatable bonds is 5. The Balaban J connectivity index is 1.81. The molecular formula is C17H15BrClNO3. The van der Waals surface area contributed by atoms with Gasteiger partial charge >= 0.3 is 5.97 Å². The molecule has 0 unspecified atom stereocenters. The van der Waals surface area contributed by atoms with E-state index in [1.807, 2.05) is 31.2 Å². The number of hydrogen-bond donors (Lipinski definition) is 1. The third kappa shape index (κ3) is 5.69. The van der Waals surface area contributed by atoms with Crippen LogP contribution in [0.5, 0.6) is 0 Å². The van der Waals surface area contributed by atoms with E-state index >= 15 is 0 Å². The van der Waals surface area contributed by atoms with E-state index in [9.17, 15) is 9.59 Å². The van der Waals surface area contributed by atoms with Crippen molar-refractivity contribution in [1.82, 2.24) is 0 Å². The average Bonchev–Trinajstić information content (AvgIpc) is 2.50. The molecule has 23 heavy (non-hydrogen) atoms. The lowest BCUT2D eigenvalue weighted by molar-refractivity contribution is -0.146. The molecule has 0 aliphatic rings. The fourth-order valence-corrected chi connectivity index (χ4v) is 2.41. The average molecular weight is 397 g/mol. The van der Waals surface area contributed by atoms with Gasteiger partial charge in [-0.25, -0.2) is 0 Å². The lowest BCUT2D eigenvalue weighted by Crippen LogP contribution is -2.22. The lowest BCUT2D eigenvalue weighted by atomic mass is 10.2. The van der Waals surface area contributed by atoms with E-state index in [2.05, 4.69) is 21.2 Å². The molecule has 0 saturated carbocycles. The van der Waals surface area contributed by atoms with Gasteiger partial charge in [0.1, 0.15) is 0 Å². The molecule has 1 N–H and O–H groups in total. The topological polar surface area (TPSA) is 55.4 Å². The molecule has 0 spiro atoms. The number of carbonyl (C=O) groups excluding carboxylic acids is 2. The van der Waals surface area contributed by atoms with E-state index in [0.29, 0.717) is 10.7 Å². The quantitative estimate of drug-likeness (QED) is 0.773. The van der Waals surface area contributed by atoms with Crippen LogP contribution in [-0.2, 0) is 20.7 Å². The van der Waals surface area contributed by atoms with Crippen LogP contribution in [0, 0.1) is 6.92 Å². The number of hydrogen-bond acceptors (Lipinski definition) is 3. The summed E-state index contributed by atoms with van der Waals surface area (Å²) in [5.41, 5.74) is 2.31. The minimum absolute atomic E-state index is 0.126. The van der Waals surface area contributed by atoms with Crippen LogP contribution in [0.4, 0.5) is 5.69 Å². The Kier molecular flexibility index (Phi) is 6.19. The van der Waals surface area contributed by atoms with Gasteiger partial charge in [-0.1, -0.05) is 39.7 Å². The van der Waals surface area contributed by atoms with E-state index in [1.54, 1.807) is 18.2 Å². The van der Waals surface area contributed by atoms with Crippen molar-refractivity contribution < 1.29 is 14.3 Å². The zero-order chi connectivity index (χ0) is 16.8. The maximum absolute atomic E-state index is 11.8. The van der Waals surface area contributed by atoms with Gasteiger partial charge in [0, 0.05) is 15.2 Å². The van der Waals surface area contributed by atoms with Crippen molar-refractivity contribution in [2.24, 2.45) is 0 Å². The van der Waals surface area contributed by atoms with Crippen LogP contribution < -0.4 is 5.32 Å². The van der Waals surface area contributed by atoms with Gasteiger partial charge in [-0.05, 0) is 48.4 Å². The van der Waals surface area contributed by atoms with E-state index in [-0.39, 0.29) is 18.9 Å². The van der Waals surface area contributed by atoms with Crippen LogP contribution in [0.25, 0.3) is 0 Å². The summed E-state index contributed by atoms with van der Waals surface area (Å²) in [7, 11) is 0. The van der Waals surface area contributed by atoms with Crippen LogP contribution in [0.2, 0.25) is 5.02 Å². The monoisotopic (exact) mass is 395 g/mol. The van der Waals surface area contributed by atoms with Gasteiger partial charge in [-0.15, -0.1) is 0 Å². The number of esters is 1. The molecule has 0 atom stereocenters. The van der Waals surface area contributed by atoms with Gasteiger partial charge in [0.05, 0.1) is 6.42 Å². The van der Waals surface area contributed by atoms with Gasteiger partial charge in [-0.2, -0.15) is 0 Å². The van der Waals surface area contributed by atoms with Crippen LogP contribution in [0.15, 0.2) is 46.9 Å². The maximum atomic E-state index is 11.8. The molecule has 0 bridgehead atoms. The predicted molar refractivity (Wildman–Crippen MR) is 93.6 cm³/mol. The number of benzene rings is 2. The Morgan fingerprint density at radius 3 is 2.52 bits per heavy atom. The highest BCUT2D eigenvalue weighted by molar-refractivity contribution is 9.10. The largest absolute Gasteiger partial charge is 0.455 e. The van der Waals surface area contributed by atoms with E-state index in [1.165, 1.54) is 0 Å². The third-order valence-corrected chi connectivity index (χ3v) is 3.85. The van der Waals surface area contributed by atoms with Crippen molar-refractivity contribution in [2.45, 2.75) is 13.3 Å². The fourth-order valence-electron chi connectivity index (χ4n) is 1.92. The van der Waals surface area contributed by atoms with Crippen molar-refractivity contribution in [2.75, 3.05) is 11.9 Å². The fraction of sp³-hybridized carbons (Fsp3) is 0.176. The van der Waals surface area contributed by atoms with E-state index in [4.69, 9.17) is 16.3 Å². The molecule has 1 amide bonds. The molecule has 0 heterocycles. The van der Waals surface area contributed by atoms with Gasteiger partial charge in [-0.3, -0.25) is 9.59 Å². The summed E-state index contributed by atoms with van der Waals surface area (Å²) in [5.74, 6) is -0.838. The number of anilines is 1. The molecule has 2 rings (SSSR count). The second kappa shape index (κ2) is 8.13. The summed E-state index contributed by atoms with van der Waals surface area (Å²) >= 11 is 9.18. The summed E-state index contributed by atoms with van der Waals surface area (Å²) in [6.07, 6.45) is 0.126. The molecular weight excluding hydrogens is 382 g/mol. The van der Waals surface area contributed by atoms with Gasteiger partial charge in [0.25, 0.3) is 5.91 Å². The first-order valence-corrected chi connectivity index (χ1v) is 8.07. The summed E-state index contributed by atoms with van der Waals surface area (Å²) in [6.45, 7) is 1.51. The van der Waals surface area contributed by atoms with Crippen molar-refractivity contribution in [3.05, 3.63) is 63.1 Å². The first-order valence-electron chi connectivity index (χ1n) is 6.90. The van der Waals surface area contributed by atoms with Crippen molar-refractivity contribution in [1.29, 1.82) is 0 Å². The number of carbonyl (C=O) groups is 2. The molecule has 2 aromatic rings. The molecule has 0 radical (unpaired) electrons. The minimum Gasteiger partial charge on any atom is -0.455 e. The Morgan fingerprint density at radius 1 is 1.17 bits per heavy atom. The molecule has 0 aliphatic carbocycles. The molecule has 0 saturated heterocycles. The van der Waals surface area contributed by atoms with Crippen molar-refractivity contribution >= 4 is 45.1 Å². The second-order valence-corrected chi connectivity index (χ2v) is 6.32. The maximum Gasteiger partial charge on any atom is 0.310 e. The molecule has 120 valence electrons. The van der Waals surface area contributed by atoms with Crippen LogP contribution in [0.1, 0.15) is 11.1 Å². The first kappa shape index (κ1) is 17.5. The lowest BCUT2D eigenvalue weighted by Gasteiger charge is -2.09. The summed E-state index contributed by atoms with van der Waals surface area (Å²) in [6, 6.07) is 12.5. The molecule has 2 aromatic carbocycles. The number of amides is 1. The zero-order valence-corrected chi connectivity index (χ0v) is 14.8. The SMILES string of the molecule is Cc1cc(Cl)ccc1NC(=O)COC(=O)Cc1ccc(Br)cc1. The second-order valence-electron chi connectivity index (χ2n) is 4.97. The molecule has 0 aromatic heterocycles. The summed E-state index contributed by atoms with van der Waals surface area (Å²) < 4.78 is 5.92. The normalized spacial score (nSPS) is 10.2. The molecule has 6 heteroatoms. The third-order valence-electron chi connectivity index (χ3n) is 3.09. The molecule has 0 fully saturated rings. The Morgan fingerprint density at radius 2 is 1.87 bits per heavy atom. The predicted octanol–water partition coefficient (Wildman–Crippen LogP) is 4.14. The highest BCUT2D eigenvalue weighted by Crippen LogP contribution is 2.19. The van der Waals surface area contributed by atoms with E-state index in [0.717, 1.165) is 15.6 Å². The number of halogens is 2. The first-order chi connectivity index (χ1) is 10.9. The summed E-state index contributed by atoms with van der Waals surface area (Å²) in [4.78, 5) is 23.6. The van der Waals surface area contributed by atoms with Gasteiger partial charge in [0.15, 0.2) is 6.61 Å². The summed E-state index contributed by atoms with van der Waals surface area (Å²) in [5, 5.41) is 3.28. The molecule has 0 aliphatic heterocycles. The number of nitrogens with one attached hydrogen (secondary N) is 1. The van der Waals surface area contributed by atoms with E-state index < -0.39 is 5.97 Å². The van der Waals surface area contributed by atoms with Gasteiger partial charge in [0.2, 0.25) is 0 Å². The van der Waals surface area contributed by atoms with Crippen LogP contribution in [-0.4, -0.2) is 18.5 Å². The van der Waals surface area contributed by atoms with Crippen molar-refractivity contribution in [3.63, 3.8) is 0 Å². The standard InChI is InChI=1S/C17H15BrClNO3/c1-11-8-14(19)6-7-15(11)20-16(21)10-23-17(22)9-12-2-4-13(18)5-3-12/h2-8H,9-10H2,1H3,(H,20,21).